The molecule has 2 N–H and O–H groups in total. The summed E-state index contributed by atoms with van der Waals surface area (Å²) >= 11 is 5.02. The number of nitro benzene ring substituents is 2. The van der Waals surface area contributed by atoms with E-state index in [0.717, 1.165) is 0 Å². The standard InChI is InChI=1S/C15H10N4O5S/c20-13-15(17-14(25)16-13,9-1-5-11(6-2-9)18(21)22)10-3-7-12(8-4-10)19(23)24/h1-8H,(H2,16,17,20,25). The number of non-ortho nitro benzene ring substituents is 2. The lowest BCUT2D eigenvalue weighted by Crippen LogP contribution is -2.44. The minimum absolute atomic E-state index is 0.0988. The Hall–Kier alpha value is -3.40. The second kappa shape index (κ2) is 5.91. The Kier molecular flexibility index (Phi) is 3.89. The highest BCUT2D eigenvalue weighted by molar-refractivity contribution is 7.80. The number of carbonyl (C=O) groups is 1. The fraction of sp³-hybridized carbons (Fsp3) is 0.0667. The molecule has 1 heterocycles. The molecule has 0 unspecified atom stereocenters. The van der Waals surface area contributed by atoms with E-state index in [1.807, 2.05) is 0 Å². The molecule has 0 atom stereocenters. The van der Waals surface area contributed by atoms with E-state index >= 15 is 0 Å². The summed E-state index contributed by atoms with van der Waals surface area (Å²) in [5.41, 5.74) is -0.817. The van der Waals surface area contributed by atoms with Crippen LogP contribution in [0.2, 0.25) is 0 Å². The van der Waals surface area contributed by atoms with Crippen LogP contribution in [0.4, 0.5) is 11.4 Å². The third-order valence-corrected chi connectivity index (χ3v) is 4.10. The van der Waals surface area contributed by atoms with E-state index in [1.54, 1.807) is 0 Å². The summed E-state index contributed by atoms with van der Waals surface area (Å²) in [5, 5.41) is 27.1. The van der Waals surface area contributed by atoms with E-state index in [4.69, 9.17) is 12.2 Å². The van der Waals surface area contributed by atoms with Crippen LogP contribution in [0.15, 0.2) is 48.5 Å². The smallest absolute Gasteiger partial charge is 0.269 e. The van der Waals surface area contributed by atoms with E-state index in [-0.39, 0.29) is 16.5 Å². The van der Waals surface area contributed by atoms with Gasteiger partial charge >= 0.3 is 0 Å². The quantitative estimate of drug-likeness (QED) is 0.484. The second-order valence-electron chi connectivity index (χ2n) is 5.27. The van der Waals surface area contributed by atoms with Crippen LogP contribution in [-0.4, -0.2) is 20.9 Å². The zero-order valence-corrected chi connectivity index (χ0v) is 13.3. The summed E-state index contributed by atoms with van der Waals surface area (Å²) in [4.78, 5) is 33.2. The van der Waals surface area contributed by atoms with Gasteiger partial charge in [-0.15, -0.1) is 0 Å². The summed E-state index contributed by atoms with van der Waals surface area (Å²) in [5.74, 6) is -0.472. The number of benzene rings is 2. The Morgan fingerprint density at radius 3 is 1.52 bits per heavy atom. The Morgan fingerprint density at radius 2 is 1.24 bits per heavy atom. The minimum Gasteiger partial charge on any atom is -0.341 e. The van der Waals surface area contributed by atoms with Gasteiger partial charge in [0.2, 0.25) is 0 Å². The van der Waals surface area contributed by atoms with Gasteiger partial charge in [0, 0.05) is 24.3 Å². The van der Waals surface area contributed by atoms with Crippen LogP contribution in [0.5, 0.6) is 0 Å². The van der Waals surface area contributed by atoms with Gasteiger partial charge in [0.25, 0.3) is 17.3 Å². The Labute approximate surface area is 146 Å². The number of hydrogen-bond acceptors (Lipinski definition) is 6. The van der Waals surface area contributed by atoms with E-state index in [0.29, 0.717) is 11.1 Å². The number of nitro groups is 2. The normalized spacial score (nSPS) is 15.4. The maximum absolute atomic E-state index is 12.6. The van der Waals surface area contributed by atoms with Gasteiger partial charge in [-0.05, 0) is 47.6 Å². The van der Waals surface area contributed by atoms with Crippen molar-refractivity contribution in [3.05, 3.63) is 79.9 Å². The van der Waals surface area contributed by atoms with Crippen LogP contribution in [-0.2, 0) is 10.3 Å². The highest BCUT2D eigenvalue weighted by atomic mass is 32.1. The highest BCUT2D eigenvalue weighted by Gasteiger charge is 2.48. The SMILES string of the molecule is O=C1NC(=S)NC1(c1ccc([N+](=O)[O-])cc1)c1ccc([N+](=O)[O-])cc1. The predicted octanol–water partition coefficient (Wildman–Crippen LogP) is 1.75. The molecule has 3 rings (SSSR count). The lowest BCUT2D eigenvalue weighted by Gasteiger charge is -2.27. The van der Waals surface area contributed by atoms with Gasteiger partial charge in [0.05, 0.1) is 9.85 Å². The first-order valence-electron chi connectivity index (χ1n) is 6.98. The maximum Gasteiger partial charge on any atom is 0.269 e. The number of nitrogens with one attached hydrogen (secondary N) is 2. The highest BCUT2D eigenvalue weighted by Crippen LogP contribution is 2.34. The zero-order chi connectivity index (χ0) is 18.2. The first-order valence-corrected chi connectivity index (χ1v) is 7.39. The average Bonchev–Trinajstić information content (AvgIpc) is 2.90. The molecule has 9 nitrogen and oxygen atoms in total. The third-order valence-electron chi connectivity index (χ3n) is 3.89. The lowest BCUT2D eigenvalue weighted by atomic mass is 9.82. The largest absolute Gasteiger partial charge is 0.341 e. The van der Waals surface area contributed by atoms with E-state index < -0.39 is 21.3 Å². The van der Waals surface area contributed by atoms with Crippen molar-refractivity contribution in [3.63, 3.8) is 0 Å². The van der Waals surface area contributed by atoms with Crippen molar-refractivity contribution in [2.75, 3.05) is 0 Å². The molecule has 1 amide bonds. The Balaban J connectivity index is 2.14. The third kappa shape index (κ3) is 2.68. The van der Waals surface area contributed by atoms with Crippen LogP contribution in [0, 0.1) is 20.2 Å². The van der Waals surface area contributed by atoms with Gasteiger partial charge in [-0.25, -0.2) is 0 Å². The molecule has 0 spiro atoms. The van der Waals surface area contributed by atoms with Crippen molar-refractivity contribution in [2.45, 2.75) is 5.54 Å². The molecule has 0 bridgehead atoms. The molecular formula is C15H10N4O5S. The monoisotopic (exact) mass is 358 g/mol. The Morgan fingerprint density at radius 1 is 0.840 bits per heavy atom. The number of hydrogen-bond donors (Lipinski definition) is 2. The topological polar surface area (TPSA) is 127 Å². The molecule has 25 heavy (non-hydrogen) atoms. The number of carbonyl (C=O) groups excluding carboxylic acids is 1. The summed E-state index contributed by atoms with van der Waals surface area (Å²) in [7, 11) is 0. The summed E-state index contributed by atoms with van der Waals surface area (Å²) in [6, 6.07) is 10.9. The molecule has 126 valence electrons. The summed E-state index contributed by atoms with van der Waals surface area (Å²) in [6.07, 6.45) is 0. The lowest BCUT2D eigenvalue weighted by molar-refractivity contribution is -0.385. The molecule has 1 fully saturated rings. The molecular weight excluding hydrogens is 348 g/mol. The number of rotatable bonds is 4. The molecule has 0 aliphatic carbocycles. The van der Waals surface area contributed by atoms with Gasteiger partial charge < -0.3 is 10.6 Å². The van der Waals surface area contributed by atoms with Crippen molar-refractivity contribution >= 4 is 34.6 Å². The van der Waals surface area contributed by atoms with Crippen LogP contribution in [0.25, 0.3) is 0 Å². The van der Waals surface area contributed by atoms with Gasteiger partial charge in [-0.2, -0.15) is 0 Å². The number of thiocarbonyl (C=S) groups is 1. The zero-order valence-electron chi connectivity index (χ0n) is 12.5. The van der Waals surface area contributed by atoms with Gasteiger partial charge in [0.15, 0.2) is 10.7 Å². The Bertz CT molecular complexity index is 838. The second-order valence-corrected chi connectivity index (χ2v) is 5.67. The fourth-order valence-corrected chi connectivity index (χ4v) is 2.94. The first-order chi connectivity index (χ1) is 11.8. The molecule has 2 aromatic carbocycles. The molecule has 1 aliphatic heterocycles. The number of amides is 1. The summed E-state index contributed by atoms with van der Waals surface area (Å²) in [6.45, 7) is 0. The first kappa shape index (κ1) is 16.5. The molecule has 2 aromatic rings. The van der Waals surface area contributed by atoms with Crippen LogP contribution >= 0.6 is 12.2 Å². The average molecular weight is 358 g/mol. The molecule has 0 radical (unpaired) electrons. The fourth-order valence-electron chi connectivity index (χ4n) is 2.69. The van der Waals surface area contributed by atoms with E-state index in [9.17, 15) is 25.0 Å². The van der Waals surface area contributed by atoms with E-state index in [2.05, 4.69) is 10.6 Å². The van der Waals surface area contributed by atoms with Crippen molar-refractivity contribution in [3.8, 4) is 0 Å². The molecule has 0 aromatic heterocycles. The van der Waals surface area contributed by atoms with Crippen LogP contribution in [0.1, 0.15) is 11.1 Å². The van der Waals surface area contributed by atoms with Gasteiger partial charge in [-0.3, -0.25) is 25.0 Å². The molecule has 1 aliphatic rings. The van der Waals surface area contributed by atoms with Crippen molar-refractivity contribution in [1.29, 1.82) is 0 Å². The number of nitrogens with zero attached hydrogens (tertiary/aromatic N) is 2. The predicted molar refractivity (Wildman–Crippen MR) is 90.8 cm³/mol. The molecule has 10 heteroatoms. The van der Waals surface area contributed by atoms with Gasteiger partial charge in [-0.1, -0.05) is 0 Å². The van der Waals surface area contributed by atoms with Crippen molar-refractivity contribution in [2.24, 2.45) is 0 Å². The minimum atomic E-state index is -1.42. The molecule has 1 saturated heterocycles. The van der Waals surface area contributed by atoms with Crippen LogP contribution < -0.4 is 10.6 Å². The van der Waals surface area contributed by atoms with E-state index in [1.165, 1.54) is 48.5 Å². The maximum atomic E-state index is 12.6. The van der Waals surface area contributed by atoms with Crippen molar-refractivity contribution < 1.29 is 14.6 Å². The molecule has 0 saturated carbocycles. The summed E-state index contributed by atoms with van der Waals surface area (Å²) < 4.78 is 0. The van der Waals surface area contributed by atoms with Gasteiger partial charge in [0.1, 0.15) is 0 Å². The van der Waals surface area contributed by atoms with Crippen LogP contribution in [0.3, 0.4) is 0 Å². The van der Waals surface area contributed by atoms with Crippen molar-refractivity contribution in [1.82, 2.24) is 10.6 Å².